The van der Waals surface area contributed by atoms with Crippen molar-refractivity contribution in [2.45, 2.75) is 57.5 Å². The highest BCUT2D eigenvalue weighted by atomic mass is 16.2. The summed E-state index contributed by atoms with van der Waals surface area (Å²) in [6.07, 6.45) is 8.61. The number of rotatable bonds is 6. The molecule has 0 spiro atoms. The van der Waals surface area contributed by atoms with Crippen LogP contribution >= 0.6 is 0 Å². The van der Waals surface area contributed by atoms with Gasteiger partial charge in [0.05, 0.1) is 23.9 Å². The third-order valence-electron chi connectivity index (χ3n) is 6.97. The normalized spacial score (nSPS) is 20.6. The van der Waals surface area contributed by atoms with Gasteiger partial charge in [-0.05, 0) is 39.0 Å². The van der Waals surface area contributed by atoms with E-state index < -0.39 is 0 Å². The second kappa shape index (κ2) is 9.05. The fourth-order valence-corrected chi connectivity index (χ4v) is 4.66. The Morgan fingerprint density at radius 1 is 1.21 bits per heavy atom. The van der Waals surface area contributed by atoms with Gasteiger partial charge in [-0.15, -0.1) is 0 Å². The predicted octanol–water partition coefficient (Wildman–Crippen LogP) is 1.41. The van der Waals surface area contributed by atoms with E-state index in [4.69, 9.17) is 4.98 Å². The highest BCUT2D eigenvalue weighted by Crippen LogP contribution is 2.33. The average Bonchev–Trinajstić information content (AvgIpc) is 3.55. The van der Waals surface area contributed by atoms with Crippen molar-refractivity contribution in [1.29, 1.82) is 5.26 Å². The molecule has 1 saturated heterocycles. The molecule has 2 aromatic rings. The van der Waals surface area contributed by atoms with Gasteiger partial charge in [0.2, 0.25) is 11.8 Å². The molecular formula is C24H30N8O2. The second-order valence-corrected chi connectivity index (χ2v) is 9.68. The summed E-state index contributed by atoms with van der Waals surface area (Å²) in [5.41, 5.74) is 1.47. The maximum atomic E-state index is 12.7. The summed E-state index contributed by atoms with van der Waals surface area (Å²) in [5.74, 6) is 1.25. The maximum Gasteiger partial charge on any atom is 0.226 e. The zero-order valence-corrected chi connectivity index (χ0v) is 19.7. The van der Waals surface area contributed by atoms with Crippen molar-refractivity contribution in [2.75, 3.05) is 24.5 Å². The number of piperazine rings is 1. The second-order valence-electron chi connectivity index (χ2n) is 9.68. The van der Waals surface area contributed by atoms with Crippen LogP contribution in [0.1, 0.15) is 50.3 Å². The van der Waals surface area contributed by atoms with Crippen LogP contribution in [0.25, 0.3) is 11.4 Å². The fraction of sp³-hybridized carbons (Fsp3) is 0.583. The van der Waals surface area contributed by atoms with Crippen LogP contribution in [-0.2, 0) is 23.1 Å². The molecule has 0 bridgehead atoms. The molecule has 34 heavy (non-hydrogen) atoms. The van der Waals surface area contributed by atoms with Gasteiger partial charge in [0, 0.05) is 50.9 Å². The lowest BCUT2D eigenvalue weighted by Gasteiger charge is -2.41. The smallest absolute Gasteiger partial charge is 0.226 e. The van der Waals surface area contributed by atoms with E-state index in [2.05, 4.69) is 26.4 Å². The molecular weight excluding hydrogens is 432 g/mol. The van der Waals surface area contributed by atoms with Crippen molar-refractivity contribution in [3.63, 3.8) is 0 Å². The van der Waals surface area contributed by atoms with E-state index in [1.807, 2.05) is 25.1 Å². The third kappa shape index (κ3) is 4.47. The predicted molar refractivity (Wildman–Crippen MR) is 125 cm³/mol. The summed E-state index contributed by atoms with van der Waals surface area (Å²) >= 11 is 0. The minimum atomic E-state index is -0.129. The van der Waals surface area contributed by atoms with E-state index in [-0.39, 0.29) is 36.2 Å². The number of aromatic nitrogens is 4. The van der Waals surface area contributed by atoms with E-state index in [1.165, 1.54) is 0 Å². The summed E-state index contributed by atoms with van der Waals surface area (Å²) in [4.78, 5) is 38.8. The van der Waals surface area contributed by atoms with Gasteiger partial charge >= 0.3 is 0 Å². The van der Waals surface area contributed by atoms with Crippen molar-refractivity contribution < 1.29 is 9.59 Å². The Bertz CT molecular complexity index is 1140. The summed E-state index contributed by atoms with van der Waals surface area (Å²) < 4.78 is 1.67. The third-order valence-corrected chi connectivity index (χ3v) is 6.97. The molecule has 1 atom stereocenters. The molecule has 2 saturated carbocycles. The summed E-state index contributed by atoms with van der Waals surface area (Å²) in [6, 6.07) is 2.49. The largest absolute Gasteiger partial charge is 0.353 e. The monoisotopic (exact) mass is 462 g/mol. The summed E-state index contributed by atoms with van der Waals surface area (Å²) in [6.45, 7) is 3.78. The Hall–Kier alpha value is -3.48. The minimum Gasteiger partial charge on any atom is -0.353 e. The number of amides is 2. The van der Waals surface area contributed by atoms with Gasteiger partial charge in [-0.25, -0.2) is 9.97 Å². The molecule has 3 heterocycles. The van der Waals surface area contributed by atoms with Crippen LogP contribution in [0.5, 0.6) is 0 Å². The first-order chi connectivity index (χ1) is 16.4. The van der Waals surface area contributed by atoms with Crippen LogP contribution in [0.2, 0.25) is 0 Å². The van der Waals surface area contributed by atoms with Crippen LogP contribution < -0.4 is 10.2 Å². The highest BCUT2D eigenvalue weighted by Gasteiger charge is 2.38. The van der Waals surface area contributed by atoms with Crippen LogP contribution in [0.15, 0.2) is 12.4 Å². The number of nitriles is 1. The molecule has 2 aliphatic carbocycles. The van der Waals surface area contributed by atoms with Crippen LogP contribution in [0.4, 0.5) is 5.82 Å². The van der Waals surface area contributed by atoms with E-state index in [1.54, 1.807) is 10.9 Å². The molecule has 0 aromatic carbocycles. The number of carbonyl (C=O) groups is 2. The molecule has 5 rings (SSSR count). The first-order valence-corrected chi connectivity index (χ1v) is 12.1. The van der Waals surface area contributed by atoms with E-state index in [0.717, 1.165) is 37.7 Å². The first kappa shape index (κ1) is 22.3. The quantitative estimate of drug-likeness (QED) is 0.689. The Kier molecular flexibility index (Phi) is 5.94. The number of carbonyl (C=O) groups excluding carboxylic acids is 2. The number of hydrogen-bond acceptors (Lipinski definition) is 7. The molecule has 10 heteroatoms. The van der Waals surface area contributed by atoms with E-state index in [9.17, 15) is 14.9 Å². The molecule has 0 radical (unpaired) electrons. The van der Waals surface area contributed by atoms with Crippen molar-refractivity contribution in [3.8, 4) is 17.5 Å². The molecule has 2 amide bonds. The van der Waals surface area contributed by atoms with Gasteiger partial charge in [-0.1, -0.05) is 0 Å². The van der Waals surface area contributed by atoms with Crippen molar-refractivity contribution in [1.82, 2.24) is 30.0 Å². The molecule has 1 aliphatic heterocycles. The molecule has 178 valence electrons. The Morgan fingerprint density at radius 2 is 2.00 bits per heavy atom. The van der Waals surface area contributed by atoms with Crippen molar-refractivity contribution in [2.24, 2.45) is 13.0 Å². The molecule has 1 N–H and O–H groups in total. The number of anilines is 1. The van der Waals surface area contributed by atoms with Crippen LogP contribution in [-0.4, -0.2) is 68.2 Å². The SMILES string of the molecule is C[C@@H]1CN(c2nc(-c3cnn(C)c3)nc(CC(=O)NC3CCC3)c2C#N)CCN1C(=O)C1CC1. The van der Waals surface area contributed by atoms with Gasteiger partial charge in [-0.2, -0.15) is 10.4 Å². The Balaban J connectivity index is 1.45. The first-order valence-electron chi connectivity index (χ1n) is 12.1. The maximum absolute atomic E-state index is 12.7. The topological polar surface area (TPSA) is 120 Å². The van der Waals surface area contributed by atoms with Crippen molar-refractivity contribution >= 4 is 17.6 Å². The van der Waals surface area contributed by atoms with Gasteiger partial charge in [0.25, 0.3) is 0 Å². The van der Waals surface area contributed by atoms with Gasteiger partial charge in [0.15, 0.2) is 11.6 Å². The number of hydrogen-bond donors (Lipinski definition) is 1. The molecule has 10 nitrogen and oxygen atoms in total. The highest BCUT2D eigenvalue weighted by molar-refractivity contribution is 5.82. The van der Waals surface area contributed by atoms with E-state index >= 15 is 0 Å². The zero-order valence-electron chi connectivity index (χ0n) is 19.7. The molecule has 2 aromatic heterocycles. The molecule has 3 fully saturated rings. The fourth-order valence-electron chi connectivity index (χ4n) is 4.66. The van der Waals surface area contributed by atoms with Gasteiger partial charge in [-0.3, -0.25) is 14.3 Å². The zero-order chi connectivity index (χ0) is 23.8. The number of nitrogens with one attached hydrogen (secondary N) is 1. The standard InChI is InChI=1S/C24H30N8O2/c1-15-13-31(8-9-32(15)24(34)16-6-7-16)23-19(11-25)20(10-21(33)27-18-4-3-5-18)28-22(29-23)17-12-26-30(2)14-17/h12,14-16,18H,3-10,13H2,1-2H3,(H,27,33)/t15-/m1/s1. The Morgan fingerprint density at radius 3 is 2.59 bits per heavy atom. The van der Waals surface area contributed by atoms with E-state index in [0.29, 0.717) is 42.5 Å². The lowest BCUT2D eigenvalue weighted by Crippen LogP contribution is -2.55. The average molecular weight is 463 g/mol. The lowest BCUT2D eigenvalue weighted by atomic mass is 9.93. The number of aryl methyl sites for hydroxylation is 1. The van der Waals surface area contributed by atoms with Crippen LogP contribution in [0.3, 0.4) is 0 Å². The molecule has 0 unspecified atom stereocenters. The summed E-state index contributed by atoms with van der Waals surface area (Å²) in [7, 11) is 1.82. The summed E-state index contributed by atoms with van der Waals surface area (Å²) in [5, 5.41) is 17.3. The van der Waals surface area contributed by atoms with Gasteiger partial charge in [0.1, 0.15) is 11.6 Å². The van der Waals surface area contributed by atoms with Gasteiger partial charge < -0.3 is 15.1 Å². The Labute approximate surface area is 199 Å². The molecule has 3 aliphatic rings. The number of nitrogens with zero attached hydrogens (tertiary/aromatic N) is 7. The lowest BCUT2D eigenvalue weighted by molar-refractivity contribution is -0.135. The minimum absolute atomic E-state index is 0.00978. The van der Waals surface area contributed by atoms with Crippen LogP contribution in [0, 0.1) is 17.2 Å². The van der Waals surface area contributed by atoms with Crippen molar-refractivity contribution in [3.05, 3.63) is 23.7 Å².